The lowest BCUT2D eigenvalue weighted by Gasteiger charge is -2.21. The van der Waals surface area contributed by atoms with E-state index in [1.54, 1.807) is 0 Å². The zero-order valence-electron chi connectivity index (χ0n) is 14.4. The smallest absolute Gasteiger partial charge is 0.225 e. The second kappa shape index (κ2) is 7.24. The van der Waals surface area contributed by atoms with Gasteiger partial charge in [-0.2, -0.15) is 0 Å². The van der Waals surface area contributed by atoms with Gasteiger partial charge in [-0.15, -0.1) is 0 Å². The molecule has 0 unspecified atom stereocenters. The van der Waals surface area contributed by atoms with Crippen molar-refractivity contribution in [3.8, 4) is 0 Å². The molecule has 3 aliphatic heterocycles. The molecule has 0 spiro atoms. The molecule has 0 saturated carbocycles. The second-order valence-electron chi connectivity index (χ2n) is 7.58. The van der Waals surface area contributed by atoms with Gasteiger partial charge in [0.2, 0.25) is 5.91 Å². The number of hydrogen-bond donors (Lipinski definition) is 0. The fourth-order valence-electron chi connectivity index (χ4n) is 4.48. The summed E-state index contributed by atoms with van der Waals surface area (Å²) in [5, 5.41) is 0. The van der Waals surface area contributed by atoms with Crippen molar-refractivity contribution in [3.05, 3.63) is 35.9 Å². The van der Waals surface area contributed by atoms with Gasteiger partial charge in [0.15, 0.2) is 0 Å². The predicted molar refractivity (Wildman–Crippen MR) is 93.8 cm³/mol. The molecule has 4 nitrogen and oxygen atoms in total. The quantitative estimate of drug-likeness (QED) is 0.832. The number of likely N-dealkylation sites (tertiary alicyclic amines) is 2. The third kappa shape index (κ3) is 3.65. The van der Waals surface area contributed by atoms with Crippen LogP contribution in [-0.4, -0.2) is 60.6 Å². The molecule has 24 heavy (non-hydrogen) atoms. The van der Waals surface area contributed by atoms with Crippen LogP contribution in [-0.2, 0) is 16.0 Å². The van der Waals surface area contributed by atoms with Crippen molar-refractivity contribution in [2.24, 2.45) is 5.92 Å². The summed E-state index contributed by atoms with van der Waals surface area (Å²) in [5.74, 6) is 0.926. The number of rotatable bonds is 5. The van der Waals surface area contributed by atoms with E-state index in [0.717, 1.165) is 45.6 Å². The summed E-state index contributed by atoms with van der Waals surface area (Å²) < 4.78 is 6.21. The first-order chi connectivity index (χ1) is 11.8. The number of carbonyl (C=O) groups excluding carboxylic acids is 1. The zero-order valence-corrected chi connectivity index (χ0v) is 14.4. The van der Waals surface area contributed by atoms with Crippen molar-refractivity contribution in [3.63, 3.8) is 0 Å². The van der Waals surface area contributed by atoms with E-state index in [-0.39, 0.29) is 6.10 Å². The van der Waals surface area contributed by atoms with Crippen LogP contribution in [0.15, 0.2) is 30.3 Å². The van der Waals surface area contributed by atoms with Gasteiger partial charge in [-0.25, -0.2) is 0 Å². The Hall–Kier alpha value is -1.39. The Labute approximate surface area is 144 Å². The molecule has 4 heteroatoms. The number of ether oxygens (including phenoxy) is 1. The summed E-state index contributed by atoms with van der Waals surface area (Å²) in [5.41, 5.74) is 1.41. The van der Waals surface area contributed by atoms with Crippen LogP contribution in [0.4, 0.5) is 0 Å². The highest BCUT2D eigenvalue weighted by Crippen LogP contribution is 2.34. The monoisotopic (exact) mass is 328 g/mol. The maximum Gasteiger partial charge on any atom is 0.225 e. The summed E-state index contributed by atoms with van der Waals surface area (Å²) in [4.78, 5) is 16.8. The van der Waals surface area contributed by atoms with E-state index < -0.39 is 0 Å². The molecule has 4 rings (SSSR count). The topological polar surface area (TPSA) is 32.8 Å². The normalized spacial score (nSPS) is 30.0. The average molecular weight is 328 g/mol. The van der Waals surface area contributed by atoms with E-state index in [2.05, 4.69) is 35.2 Å². The van der Waals surface area contributed by atoms with Crippen molar-refractivity contribution in [1.29, 1.82) is 0 Å². The molecule has 0 aromatic heterocycles. The molecule has 0 radical (unpaired) electrons. The van der Waals surface area contributed by atoms with E-state index in [1.807, 2.05) is 4.90 Å². The summed E-state index contributed by atoms with van der Waals surface area (Å²) >= 11 is 0. The predicted octanol–water partition coefficient (Wildman–Crippen LogP) is 2.33. The lowest BCUT2D eigenvalue weighted by Crippen LogP contribution is -2.32. The Morgan fingerprint density at radius 2 is 1.92 bits per heavy atom. The van der Waals surface area contributed by atoms with E-state index in [4.69, 9.17) is 4.74 Å². The average Bonchev–Trinajstić information content (AvgIpc) is 3.30. The number of nitrogens with zero attached hydrogens (tertiary/aromatic N) is 2. The van der Waals surface area contributed by atoms with E-state index in [1.165, 1.54) is 18.4 Å². The summed E-state index contributed by atoms with van der Waals surface area (Å²) in [6.45, 7) is 5.17. The van der Waals surface area contributed by atoms with Crippen molar-refractivity contribution in [1.82, 2.24) is 9.80 Å². The minimum atomic E-state index is 0.157. The van der Waals surface area contributed by atoms with Crippen molar-refractivity contribution in [2.45, 2.75) is 44.3 Å². The van der Waals surface area contributed by atoms with Gasteiger partial charge < -0.3 is 14.5 Å². The number of amides is 1. The first-order valence-electron chi connectivity index (χ1n) is 9.47. The molecule has 0 bridgehead atoms. The highest BCUT2D eigenvalue weighted by molar-refractivity contribution is 5.77. The Bertz CT molecular complexity index is 542. The number of benzene rings is 1. The largest absolute Gasteiger partial charge is 0.373 e. The van der Waals surface area contributed by atoms with Gasteiger partial charge in [0, 0.05) is 38.6 Å². The molecule has 3 fully saturated rings. The molecule has 1 amide bonds. The van der Waals surface area contributed by atoms with Crippen LogP contribution in [0.1, 0.15) is 31.2 Å². The van der Waals surface area contributed by atoms with Crippen LogP contribution in [0.5, 0.6) is 0 Å². The first-order valence-corrected chi connectivity index (χ1v) is 9.47. The molecule has 3 atom stereocenters. The maximum absolute atomic E-state index is 12.3. The van der Waals surface area contributed by atoms with Crippen LogP contribution in [0, 0.1) is 5.92 Å². The minimum Gasteiger partial charge on any atom is -0.373 e. The first kappa shape index (κ1) is 16.1. The fourth-order valence-corrected chi connectivity index (χ4v) is 4.48. The van der Waals surface area contributed by atoms with Gasteiger partial charge in [-0.1, -0.05) is 30.3 Å². The SMILES string of the molecule is O=C(C[C@@H]1C[C@H]2CN(CCc3ccccc3)C[C@H]2O1)N1CCCC1. The second-order valence-corrected chi connectivity index (χ2v) is 7.58. The van der Waals surface area contributed by atoms with Gasteiger partial charge >= 0.3 is 0 Å². The van der Waals surface area contributed by atoms with Gasteiger partial charge in [0.1, 0.15) is 0 Å². The molecular weight excluding hydrogens is 300 g/mol. The highest BCUT2D eigenvalue weighted by Gasteiger charge is 2.42. The van der Waals surface area contributed by atoms with Gasteiger partial charge in [0.25, 0.3) is 0 Å². The molecule has 3 heterocycles. The van der Waals surface area contributed by atoms with Gasteiger partial charge in [0.05, 0.1) is 18.6 Å². The van der Waals surface area contributed by atoms with Crippen LogP contribution >= 0.6 is 0 Å². The molecule has 130 valence electrons. The summed E-state index contributed by atoms with van der Waals surface area (Å²) in [6, 6.07) is 10.7. The van der Waals surface area contributed by atoms with Crippen LogP contribution in [0.3, 0.4) is 0 Å². The van der Waals surface area contributed by atoms with Crippen molar-refractivity contribution in [2.75, 3.05) is 32.7 Å². The van der Waals surface area contributed by atoms with Gasteiger partial charge in [-0.05, 0) is 31.2 Å². The Morgan fingerprint density at radius 3 is 2.67 bits per heavy atom. The molecule has 3 saturated heterocycles. The third-order valence-electron chi connectivity index (χ3n) is 5.81. The number of fused-ring (bicyclic) bond motifs is 1. The van der Waals surface area contributed by atoms with Crippen molar-refractivity contribution >= 4 is 5.91 Å². The number of carbonyl (C=O) groups is 1. The Morgan fingerprint density at radius 1 is 1.12 bits per heavy atom. The molecule has 0 aliphatic carbocycles. The Balaban J connectivity index is 1.21. The van der Waals surface area contributed by atoms with Crippen molar-refractivity contribution < 1.29 is 9.53 Å². The Kier molecular flexibility index (Phi) is 4.86. The van der Waals surface area contributed by atoms with Crippen LogP contribution in [0.2, 0.25) is 0 Å². The summed E-state index contributed by atoms with van der Waals surface area (Å²) in [7, 11) is 0. The lowest BCUT2D eigenvalue weighted by molar-refractivity contribution is -0.132. The minimum absolute atomic E-state index is 0.157. The number of hydrogen-bond acceptors (Lipinski definition) is 3. The van der Waals surface area contributed by atoms with Crippen LogP contribution in [0.25, 0.3) is 0 Å². The van der Waals surface area contributed by atoms with E-state index in [0.29, 0.717) is 24.3 Å². The lowest BCUT2D eigenvalue weighted by atomic mass is 10.0. The summed E-state index contributed by atoms with van der Waals surface area (Å²) in [6.07, 6.45) is 5.60. The maximum atomic E-state index is 12.3. The molecule has 0 N–H and O–H groups in total. The molecular formula is C20H28N2O2. The molecule has 3 aliphatic rings. The fraction of sp³-hybridized carbons (Fsp3) is 0.650. The van der Waals surface area contributed by atoms with E-state index in [9.17, 15) is 4.79 Å². The standard InChI is InChI=1S/C20H28N2O2/c23-20(22-9-4-5-10-22)13-18-12-17-14-21(15-19(17)24-18)11-8-16-6-2-1-3-7-16/h1-3,6-7,17-19H,4-5,8-15H2/t17-,18-,19+/m0/s1. The van der Waals surface area contributed by atoms with Gasteiger partial charge in [-0.3, -0.25) is 4.79 Å². The molecule has 1 aromatic rings. The third-order valence-corrected chi connectivity index (χ3v) is 5.81. The zero-order chi connectivity index (χ0) is 16.4. The van der Waals surface area contributed by atoms with E-state index >= 15 is 0 Å². The molecule has 1 aromatic carbocycles. The van der Waals surface area contributed by atoms with Crippen LogP contribution < -0.4 is 0 Å². The highest BCUT2D eigenvalue weighted by atomic mass is 16.5.